The van der Waals surface area contributed by atoms with Crippen molar-refractivity contribution in [3.63, 3.8) is 0 Å². The van der Waals surface area contributed by atoms with Crippen LogP contribution in [0, 0.1) is 0 Å². The van der Waals surface area contributed by atoms with Gasteiger partial charge in [-0.05, 0) is 31.5 Å². The van der Waals surface area contributed by atoms with Crippen molar-refractivity contribution >= 4 is 0 Å². The number of rotatable bonds is 2. The summed E-state index contributed by atoms with van der Waals surface area (Å²) in [4.78, 5) is 2.39. The van der Waals surface area contributed by atoms with E-state index in [0.717, 1.165) is 37.6 Å². The van der Waals surface area contributed by atoms with Gasteiger partial charge in [0.15, 0.2) is 11.5 Å². The van der Waals surface area contributed by atoms with Crippen LogP contribution in [0.5, 0.6) is 11.5 Å². The summed E-state index contributed by atoms with van der Waals surface area (Å²) in [6, 6.07) is 8.16. The molecule has 1 saturated heterocycles. The third-order valence-electron chi connectivity index (χ3n) is 3.57. The Kier molecular flexibility index (Phi) is 3.39. The lowest BCUT2D eigenvalue weighted by Crippen LogP contribution is -2.48. The highest BCUT2D eigenvalue weighted by molar-refractivity contribution is 5.40. The summed E-state index contributed by atoms with van der Waals surface area (Å²) in [5, 5.41) is 0. The van der Waals surface area contributed by atoms with Crippen molar-refractivity contribution in [3.05, 3.63) is 24.3 Å². The van der Waals surface area contributed by atoms with E-state index < -0.39 is 0 Å². The topological polar surface area (TPSA) is 47.7 Å². The number of likely N-dealkylation sites (tertiary alicyclic amines) is 1. The first-order valence-electron chi connectivity index (χ1n) is 6.67. The van der Waals surface area contributed by atoms with Crippen LogP contribution in [0.1, 0.15) is 12.8 Å². The van der Waals surface area contributed by atoms with Gasteiger partial charge in [0.05, 0.1) is 0 Å². The number of hydrogen-bond donors (Lipinski definition) is 1. The van der Waals surface area contributed by atoms with Gasteiger partial charge in [-0.15, -0.1) is 0 Å². The molecule has 2 atom stereocenters. The third kappa shape index (κ3) is 2.60. The van der Waals surface area contributed by atoms with Crippen LogP contribution < -0.4 is 15.2 Å². The Bertz CT molecular complexity index is 411. The van der Waals surface area contributed by atoms with Crippen molar-refractivity contribution in [1.82, 2.24) is 4.90 Å². The van der Waals surface area contributed by atoms with Crippen LogP contribution in [0.25, 0.3) is 0 Å². The molecule has 2 aliphatic rings. The average Bonchev–Trinajstić information content (AvgIpc) is 2.39. The van der Waals surface area contributed by atoms with E-state index in [1.165, 1.54) is 6.42 Å². The second-order valence-corrected chi connectivity index (χ2v) is 5.16. The zero-order valence-corrected chi connectivity index (χ0v) is 10.5. The summed E-state index contributed by atoms with van der Waals surface area (Å²) in [7, 11) is 0. The Hall–Kier alpha value is -1.26. The van der Waals surface area contributed by atoms with Crippen molar-refractivity contribution in [1.29, 1.82) is 0 Å². The maximum atomic E-state index is 5.99. The highest BCUT2D eigenvalue weighted by Crippen LogP contribution is 2.31. The van der Waals surface area contributed by atoms with Crippen molar-refractivity contribution in [2.24, 2.45) is 5.73 Å². The second-order valence-electron chi connectivity index (χ2n) is 5.16. The summed E-state index contributed by atoms with van der Waals surface area (Å²) in [6.45, 7) is 3.63. The third-order valence-corrected chi connectivity index (χ3v) is 3.57. The minimum Gasteiger partial charge on any atom is -0.486 e. The van der Waals surface area contributed by atoms with E-state index >= 15 is 0 Å². The Balaban J connectivity index is 1.59. The van der Waals surface area contributed by atoms with Crippen LogP contribution in [-0.4, -0.2) is 43.3 Å². The largest absolute Gasteiger partial charge is 0.486 e. The van der Waals surface area contributed by atoms with Gasteiger partial charge in [0.25, 0.3) is 0 Å². The monoisotopic (exact) mass is 248 g/mol. The quantitative estimate of drug-likeness (QED) is 0.855. The number of hydrogen-bond acceptors (Lipinski definition) is 4. The molecule has 98 valence electrons. The fourth-order valence-corrected chi connectivity index (χ4v) is 2.70. The molecule has 0 amide bonds. The van der Waals surface area contributed by atoms with Crippen LogP contribution in [0.15, 0.2) is 24.3 Å². The molecule has 2 N–H and O–H groups in total. The predicted octanol–water partition coefficient (Wildman–Crippen LogP) is 1.25. The first-order valence-corrected chi connectivity index (χ1v) is 6.67. The summed E-state index contributed by atoms with van der Waals surface area (Å²) in [6.07, 6.45) is 2.44. The molecule has 0 aromatic heterocycles. The predicted molar refractivity (Wildman–Crippen MR) is 70.0 cm³/mol. The number of nitrogens with zero attached hydrogens (tertiary/aromatic N) is 1. The Morgan fingerprint density at radius 1 is 1.28 bits per heavy atom. The Morgan fingerprint density at radius 2 is 2.11 bits per heavy atom. The lowest BCUT2D eigenvalue weighted by atomic mass is 10.1. The zero-order chi connectivity index (χ0) is 12.4. The van der Waals surface area contributed by atoms with Crippen LogP contribution in [-0.2, 0) is 0 Å². The molecule has 1 aromatic carbocycles. The van der Waals surface area contributed by atoms with Gasteiger partial charge in [0.2, 0.25) is 0 Å². The summed E-state index contributed by atoms with van der Waals surface area (Å²) in [5.41, 5.74) is 5.99. The number of nitrogens with two attached hydrogens (primary N) is 1. The zero-order valence-electron chi connectivity index (χ0n) is 10.5. The molecule has 0 spiro atoms. The van der Waals surface area contributed by atoms with E-state index in [1.54, 1.807) is 0 Å². The van der Waals surface area contributed by atoms with Crippen molar-refractivity contribution in [2.75, 3.05) is 26.2 Å². The highest BCUT2D eigenvalue weighted by Gasteiger charge is 2.25. The van der Waals surface area contributed by atoms with Crippen LogP contribution in [0.2, 0.25) is 0 Å². The molecule has 0 bridgehead atoms. The van der Waals surface area contributed by atoms with Gasteiger partial charge in [0.1, 0.15) is 12.7 Å². The molecule has 0 saturated carbocycles. The molecular formula is C14H20N2O2. The normalized spacial score (nSPS) is 28.1. The summed E-state index contributed by atoms with van der Waals surface area (Å²) >= 11 is 0. The van der Waals surface area contributed by atoms with Crippen LogP contribution in [0.3, 0.4) is 0 Å². The molecule has 0 aliphatic carbocycles. The number of ether oxygens (including phenoxy) is 2. The Morgan fingerprint density at radius 3 is 2.94 bits per heavy atom. The van der Waals surface area contributed by atoms with Crippen molar-refractivity contribution < 1.29 is 9.47 Å². The average molecular weight is 248 g/mol. The molecule has 2 aliphatic heterocycles. The molecule has 1 unspecified atom stereocenters. The van der Waals surface area contributed by atoms with Gasteiger partial charge in [-0.25, -0.2) is 0 Å². The fraction of sp³-hybridized carbons (Fsp3) is 0.571. The van der Waals surface area contributed by atoms with Crippen molar-refractivity contribution in [3.8, 4) is 11.5 Å². The minimum absolute atomic E-state index is 0.116. The van der Waals surface area contributed by atoms with Gasteiger partial charge in [-0.2, -0.15) is 0 Å². The first kappa shape index (κ1) is 11.8. The van der Waals surface area contributed by atoms with Gasteiger partial charge < -0.3 is 15.2 Å². The van der Waals surface area contributed by atoms with Gasteiger partial charge in [-0.1, -0.05) is 12.1 Å². The van der Waals surface area contributed by atoms with Gasteiger partial charge in [0, 0.05) is 19.1 Å². The Labute approximate surface area is 108 Å². The van der Waals surface area contributed by atoms with E-state index in [0.29, 0.717) is 12.6 Å². The first-order chi connectivity index (χ1) is 8.81. The van der Waals surface area contributed by atoms with Gasteiger partial charge in [-0.3, -0.25) is 4.90 Å². The number of piperidine rings is 1. The van der Waals surface area contributed by atoms with Crippen LogP contribution in [0.4, 0.5) is 0 Å². The molecule has 4 nitrogen and oxygen atoms in total. The molecule has 3 rings (SSSR count). The number of para-hydroxylation sites is 2. The molecule has 1 aromatic rings. The SMILES string of the molecule is N[C@@H]1CCCN(CC2COc3ccccc3O2)C1. The number of fused-ring (bicyclic) bond motifs is 1. The maximum absolute atomic E-state index is 5.99. The highest BCUT2D eigenvalue weighted by atomic mass is 16.6. The van der Waals surface area contributed by atoms with E-state index in [1.807, 2.05) is 24.3 Å². The smallest absolute Gasteiger partial charge is 0.161 e. The molecule has 4 heteroatoms. The minimum atomic E-state index is 0.116. The fourth-order valence-electron chi connectivity index (χ4n) is 2.70. The van der Waals surface area contributed by atoms with E-state index in [-0.39, 0.29) is 6.10 Å². The molecule has 2 heterocycles. The van der Waals surface area contributed by atoms with Crippen LogP contribution >= 0.6 is 0 Å². The lowest BCUT2D eigenvalue weighted by molar-refractivity contribution is 0.0508. The van der Waals surface area contributed by atoms with Crippen molar-refractivity contribution in [2.45, 2.75) is 25.0 Å². The van der Waals surface area contributed by atoms with E-state index in [9.17, 15) is 0 Å². The van der Waals surface area contributed by atoms with E-state index in [4.69, 9.17) is 15.2 Å². The summed E-state index contributed by atoms with van der Waals surface area (Å²) < 4.78 is 11.7. The second kappa shape index (κ2) is 5.16. The maximum Gasteiger partial charge on any atom is 0.161 e. The molecular weight excluding hydrogens is 228 g/mol. The molecule has 18 heavy (non-hydrogen) atoms. The van der Waals surface area contributed by atoms with E-state index in [2.05, 4.69) is 4.90 Å². The number of benzene rings is 1. The molecule has 0 radical (unpaired) electrons. The summed E-state index contributed by atoms with van der Waals surface area (Å²) in [5.74, 6) is 1.71. The van der Waals surface area contributed by atoms with Gasteiger partial charge >= 0.3 is 0 Å². The standard InChI is InChI=1S/C14H20N2O2/c15-11-4-3-7-16(8-11)9-12-10-17-13-5-1-2-6-14(13)18-12/h1-2,5-6,11-12H,3-4,7-10,15H2/t11-,12?/m1/s1. The lowest BCUT2D eigenvalue weighted by Gasteiger charge is -2.35. The molecule has 1 fully saturated rings.